The molecule has 1 saturated heterocycles. The molecule has 0 aromatic carbocycles. The summed E-state index contributed by atoms with van der Waals surface area (Å²) in [5.41, 5.74) is 10.3. The largest absolute Gasteiger partial charge is 0.368 e. The number of hydrogen-bond acceptors (Lipinski definition) is 4. The van der Waals surface area contributed by atoms with Crippen LogP contribution in [0.15, 0.2) is 0 Å². The molecule has 4 N–H and O–H groups in total. The molecule has 1 aliphatic rings. The first-order valence-electron chi connectivity index (χ1n) is 3.80. The Morgan fingerprint density at radius 3 is 2.46 bits per heavy atom. The van der Waals surface area contributed by atoms with Crippen molar-refractivity contribution in [1.29, 1.82) is 0 Å². The van der Waals surface area contributed by atoms with Crippen LogP contribution < -0.4 is 11.5 Å². The Morgan fingerprint density at radius 2 is 2.15 bits per heavy atom. The summed E-state index contributed by atoms with van der Waals surface area (Å²) in [5, 5.41) is 0. The monoisotopic (exact) mass is 185 g/mol. The lowest BCUT2D eigenvalue weighted by Crippen LogP contribution is -2.45. The summed E-state index contributed by atoms with van der Waals surface area (Å²) in [6.07, 6.45) is -0.0283. The van der Waals surface area contributed by atoms with E-state index in [-0.39, 0.29) is 12.3 Å². The first-order valence-corrected chi connectivity index (χ1v) is 3.80. The van der Waals surface area contributed by atoms with E-state index >= 15 is 0 Å². The quantitative estimate of drug-likeness (QED) is 0.476. The normalized spacial score (nSPS) is 25.1. The van der Waals surface area contributed by atoms with E-state index in [0.717, 1.165) is 4.90 Å². The van der Waals surface area contributed by atoms with Crippen LogP contribution in [-0.4, -0.2) is 35.7 Å². The van der Waals surface area contributed by atoms with E-state index in [1.807, 2.05) is 0 Å². The zero-order valence-electron chi connectivity index (χ0n) is 7.19. The number of carbonyl (C=O) groups is 3. The van der Waals surface area contributed by atoms with Crippen molar-refractivity contribution >= 4 is 17.7 Å². The van der Waals surface area contributed by atoms with E-state index in [1.165, 1.54) is 7.05 Å². The predicted molar refractivity (Wildman–Crippen MR) is 43.1 cm³/mol. The van der Waals surface area contributed by atoms with Crippen molar-refractivity contribution in [2.24, 2.45) is 17.4 Å². The van der Waals surface area contributed by atoms with Crippen molar-refractivity contribution in [2.45, 2.75) is 12.5 Å². The van der Waals surface area contributed by atoms with Gasteiger partial charge in [-0.25, -0.2) is 0 Å². The smallest absolute Gasteiger partial charge is 0.235 e. The molecule has 0 aliphatic carbocycles. The number of nitrogens with two attached hydrogens (primary N) is 2. The lowest BCUT2D eigenvalue weighted by Gasteiger charge is -2.12. The van der Waals surface area contributed by atoms with Gasteiger partial charge in [-0.15, -0.1) is 0 Å². The number of likely N-dealkylation sites (tertiary alicyclic amines) is 1. The second-order valence-electron chi connectivity index (χ2n) is 3.03. The van der Waals surface area contributed by atoms with Crippen LogP contribution >= 0.6 is 0 Å². The second kappa shape index (κ2) is 3.14. The van der Waals surface area contributed by atoms with E-state index in [2.05, 4.69) is 0 Å². The van der Waals surface area contributed by atoms with Crippen molar-refractivity contribution in [1.82, 2.24) is 4.90 Å². The van der Waals surface area contributed by atoms with Gasteiger partial charge >= 0.3 is 0 Å². The molecule has 1 rings (SSSR count). The lowest BCUT2D eigenvalue weighted by molar-refractivity contribution is -0.138. The highest BCUT2D eigenvalue weighted by molar-refractivity contribution is 6.05. The van der Waals surface area contributed by atoms with Crippen LogP contribution in [0.2, 0.25) is 0 Å². The molecule has 2 unspecified atom stereocenters. The van der Waals surface area contributed by atoms with E-state index in [4.69, 9.17) is 11.5 Å². The van der Waals surface area contributed by atoms with Gasteiger partial charge in [0.15, 0.2) is 0 Å². The lowest BCUT2D eigenvalue weighted by atomic mass is 9.98. The maximum Gasteiger partial charge on any atom is 0.235 e. The fraction of sp³-hybridized carbons (Fsp3) is 0.571. The van der Waals surface area contributed by atoms with E-state index in [1.54, 1.807) is 0 Å². The summed E-state index contributed by atoms with van der Waals surface area (Å²) in [6, 6.07) is -1.07. The zero-order valence-corrected chi connectivity index (χ0v) is 7.19. The van der Waals surface area contributed by atoms with Crippen LogP contribution in [0.5, 0.6) is 0 Å². The summed E-state index contributed by atoms with van der Waals surface area (Å²) < 4.78 is 0. The van der Waals surface area contributed by atoms with Crippen LogP contribution in [0.25, 0.3) is 0 Å². The molecule has 13 heavy (non-hydrogen) atoms. The maximum atomic E-state index is 11.3. The first kappa shape index (κ1) is 9.66. The highest BCUT2D eigenvalue weighted by atomic mass is 16.2. The van der Waals surface area contributed by atoms with Crippen LogP contribution in [0.4, 0.5) is 0 Å². The molecular weight excluding hydrogens is 174 g/mol. The second-order valence-corrected chi connectivity index (χ2v) is 3.03. The van der Waals surface area contributed by atoms with Crippen LogP contribution in [0.1, 0.15) is 6.42 Å². The van der Waals surface area contributed by atoms with Gasteiger partial charge < -0.3 is 11.5 Å². The zero-order chi connectivity index (χ0) is 10.2. The topological polar surface area (TPSA) is 106 Å². The van der Waals surface area contributed by atoms with Crippen molar-refractivity contribution in [3.63, 3.8) is 0 Å². The van der Waals surface area contributed by atoms with Gasteiger partial charge in [-0.1, -0.05) is 0 Å². The molecule has 2 atom stereocenters. The molecule has 1 heterocycles. The van der Waals surface area contributed by atoms with Gasteiger partial charge in [0, 0.05) is 13.5 Å². The van der Waals surface area contributed by atoms with Crippen molar-refractivity contribution < 1.29 is 14.4 Å². The Bertz CT molecular complexity index is 276. The van der Waals surface area contributed by atoms with Gasteiger partial charge in [0.25, 0.3) is 0 Å². The number of nitrogens with zero attached hydrogens (tertiary/aromatic N) is 1. The Hall–Kier alpha value is -1.43. The van der Waals surface area contributed by atoms with Crippen LogP contribution in [0.3, 0.4) is 0 Å². The standard InChI is InChI=1S/C7H11N3O3/c1-10-4(11)2-3(7(10)13)5(8)6(9)12/h3,5H,2,8H2,1H3,(H2,9,12). The van der Waals surface area contributed by atoms with Crippen LogP contribution in [-0.2, 0) is 14.4 Å². The van der Waals surface area contributed by atoms with Crippen LogP contribution in [0, 0.1) is 5.92 Å². The molecular formula is C7H11N3O3. The molecule has 72 valence electrons. The molecule has 6 nitrogen and oxygen atoms in total. The third kappa shape index (κ3) is 1.52. The molecule has 0 aromatic rings. The molecule has 0 radical (unpaired) electrons. The van der Waals surface area contributed by atoms with E-state index in [0.29, 0.717) is 0 Å². The number of rotatable bonds is 2. The van der Waals surface area contributed by atoms with Gasteiger partial charge in [-0.2, -0.15) is 0 Å². The summed E-state index contributed by atoms with van der Waals surface area (Å²) in [4.78, 5) is 33.9. The Labute approximate surface area is 74.8 Å². The third-order valence-electron chi connectivity index (χ3n) is 2.18. The maximum absolute atomic E-state index is 11.3. The molecule has 1 aliphatic heterocycles. The Kier molecular flexibility index (Phi) is 2.33. The van der Waals surface area contributed by atoms with Crippen molar-refractivity contribution in [3.8, 4) is 0 Å². The van der Waals surface area contributed by atoms with Gasteiger partial charge in [0.2, 0.25) is 17.7 Å². The van der Waals surface area contributed by atoms with E-state index < -0.39 is 23.8 Å². The number of primary amides is 1. The summed E-state index contributed by atoms with van der Waals surface area (Å²) in [5.74, 6) is -2.31. The Balaban J connectivity index is 2.80. The molecule has 3 amide bonds. The van der Waals surface area contributed by atoms with Crippen molar-refractivity contribution in [3.05, 3.63) is 0 Å². The fourth-order valence-corrected chi connectivity index (χ4v) is 1.26. The molecule has 0 saturated carbocycles. The molecule has 0 spiro atoms. The molecule has 0 bridgehead atoms. The number of carbonyl (C=O) groups excluding carboxylic acids is 3. The summed E-state index contributed by atoms with van der Waals surface area (Å²) in [6.45, 7) is 0. The molecule has 1 fully saturated rings. The van der Waals surface area contributed by atoms with Gasteiger partial charge in [0.05, 0.1) is 12.0 Å². The summed E-state index contributed by atoms with van der Waals surface area (Å²) >= 11 is 0. The first-order chi connectivity index (χ1) is 5.95. The minimum absolute atomic E-state index is 0.0283. The predicted octanol–water partition coefficient (Wildman–Crippen LogP) is -2.20. The fourth-order valence-electron chi connectivity index (χ4n) is 1.26. The van der Waals surface area contributed by atoms with Crippen molar-refractivity contribution in [2.75, 3.05) is 7.05 Å². The third-order valence-corrected chi connectivity index (χ3v) is 2.18. The molecule has 0 aromatic heterocycles. The van der Waals surface area contributed by atoms with E-state index in [9.17, 15) is 14.4 Å². The highest BCUT2D eigenvalue weighted by Gasteiger charge is 2.41. The molecule has 6 heteroatoms. The number of hydrogen-bond donors (Lipinski definition) is 2. The average Bonchev–Trinajstić information content (AvgIpc) is 2.31. The Morgan fingerprint density at radius 1 is 1.62 bits per heavy atom. The number of imide groups is 1. The SMILES string of the molecule is CN1C(=O)CC(C(N)C(N)=O)C1=O. The average molecular weight is 185 g/mol. The number of amides is 3. The summed E-state index contributed by atoms with van der Waals surface area (Å²) in [7, 11) is 1.36. The van der Waals surface area contributed by atoms with Gasteiger partial charge in [-0.3, -0.25) is 19.3 Å². The highest BCUT2D eigenvalue weighted by Crippen LogP contribution is 2.19. The van der Waals surface area contributed by atoms with Gasteiger partial charge in [-0.05, 0) is 0 Å². The minimum Gasteiger partial charge on any atom is -0.368 e. The minimum atomic E-state index is -1.07. The van der Waals surface area contributed by atoms with Gasteiger partial charge in [0.1, 0.15) is 0 Å².